The largest absolute Gasteiger partial charge is 0.457 e. The summed E-state index contributed by atoms with van der Waals surface area (Å²) in [6, 6.07) is 81.9. The van der Waals surface area contributed by atoms with Gasteiger partial charge in [0.1, 0.15) is 22.7 Å². The van der Waals surface area contributed by atoms with Crippen molar-refractivity contribution in [2.75, 3.05) is 4.90 Å². The number of fused-ring (bicyclic) bond motifs is 11. The third-order valence-electron chi connectivity index (χ3n) is 12.7. The molecule has 2 aliphatic heterocycles. The molecule has 3 nitrogen and oxygen atoms in total. The molecule has 0 aliphatic carbocycles. The second kappa shape index (κ2) is 13.1. The van der Waals surface area contributed by atoms with Gasteiger partial charge in [-0.3, -0.25) is 0 Å². The summed E-state index contributed by atoms with van der Waals surface area (Å²) in [6.45, 7) is 0. The Morgan fingerprint density at radius 1 is 0.356 bits per heavy atom. The van der Waals surface area contributed by atoms with Crippen LogP contribution in [0.5, 0.6) is 11.5 Å². The summed E-state index contributed by atoms with van der Waals surface area (Å²) in [5, 5.41) is 7.73. The van der Waals surface area contributed by atoms with Crippen LogP contribution in [0.2, 0.25) is 0 Å². The molecule has 4 heteroatoms. The van der Waals surface area contributed by atoms with E-state index in [0.717, 1.165) is 61.6 Å². The Morgan fingerprint density at radius 3 is 1.56 bits per heavy atom. The molecule has 59 heavy (non-hydrogen) atoms. The van der Waals surface area contributed by atoms with E-state index in [4.69, 9.17) is 9.15 Å². The van der Waals surface area contributed by atoms with Crippen LogP contribution in [0.4, 0.5) is 17.1 Å². The smallest absolute Gasteiger partial charge is 0.180 e. The van der Waals surface area contributed by atoms with Crippen LogP contribution in [0, 0.1) is 0 Å². The molecule has 1 aromatic heterocycles. The van der Waals surface area contributed by atoms with E-state index in [1.54, 1.807) is 0 Å². The number of para-hydroxylation sites is 3. The quantitative estimate of drug-likeness (QED) is 0.163. The van der Waals surface area contributed by atoms with Crippen LogP contribution in [-0.4, -0.2) is 8.07 Å². The van der Waals surface area contributed by atoms with Gasteiger partial charge in [-0.05, 0) is 86.5 Å². The van der Waals surface area contributed by atoms with Crippen molar-refractivity contribution < 1.29 is 9.15 Å². The first kappa shape index (κ1) is 33.7. The van der Waals surface area contributed by atoms with Crippen LogP contribution in [0.25, 0.3) is 21.9 Å². The van der Waals surface area contributed by atoms with Crippen molar-refractivity contribution in [3.63, 3.8) is 0 Å². The summed E-state index contributed by atoms with van der Waals surface area (Å²) in [5.74, 6) is 1.73. The topological polar surface area (TPSA) is 25.6 Å². The van der Waals surface area contributed by atoms with Gasteiger partial charge in [0.2, 0.25) is 0 Å². The summed E-state index contributed by atoms with van der Waals surface area (Å²) in [7, 11) is -2.87. The van der Waals surface area contributed by atoms with Gasteiger partial charge in [-0.1, -0.05) is 164 Å². The molecule has 0 saturated heterocycles. The second-order valence-electron chi connectivity index (χ2n) is 15.6. The van der Waals surface area contributed by atoms with Gasteiger partial charge >= 0.3 is 0 Å². The Hall–Kier alpha value is -7.40. The lowest BCUT2D eigenvalue weighted by molar-refractivity contribution is 0.435. The molecule has 278 valence electrons. The second-order valence-corrected chi connectivity index (χ2v) is 19.3. The van der Waals surface area contributed by atoms with Crippen molar-refractivity contribution in [1.82, 2.24) is 0 Å². The van der Waals surface area contributed by atoms with Crippen LogP contribution in [-0.2, 0) is 5.41 Å². The summed E-state index contributed by atoms with van der Waals surface area (Å²) in [5.41, 5.74) is 8.99. The molecule has 1 spiro atoms. The summed E-state index contributed by atoms with van der Waals surface area (Å²) >= 11 is 0. The van der Waals surface area contributed by atoms with Crippen molar-refractivity contribution in [2.45, 2.75) is 5.41 Å². The molecule has 0 fully saturated rings. The number of rotatable bonds is 5. The number of furan rings is 1. The molecular formula is C55H37NO2Si. The fraction of sp³-hybridized carbons (Fsp3) is 0.0182. The van der Waals surface area contributed by atoms with E-state index >= 15 is 0 Å². The fourth-order valence-corrected chi connectivity index (χ4v) is 15.7. The molecule has 12 rings (SSSR count). The Bertz CT molecular complexity index is 3120. The molecule has 0 bridgehead atoms. The maximum atomic E-state index is 6.97. The Balaban J connectivity index is 1.17. The number of hydrogen-bond acceptors (Lipinski definition) is 3. The monoisotopic (exact) mass is 771 g/mol. The normalized spacial score (nSPS) is 14.2. The van der Waals surface area contributed by atoms with Gasteiger partial charge in [-0.15, -0.1) is 0 Å². The number of hydrogen-bond donors (Lipinski definition) is 0. The first-order chi connectivity index (χ1) is 29.3. The van der Waals surface area contributed by atoms with Crippen LogP contribution >= 0.6 is 0 Å². The molecule has 3 heterocycles. The molecule has 0 saturated carbocycles. The third-order valence-corrected chi connectivity index (χ3v) is 17.5. The zero-order valence-corrected chi connectivity index (χ0v) is 33.1. The van der Waals surface area contributed by atoms with Gasteiger partial charge < -0.3 is 14.1 Å². The van der Waals surface area contributed by atoms with Crippen molar-refractivity contribution >= 4 is 67.8 Å². The van der Waals surface area contributed by atoms with E-state index in [2.05, 4.69) is 217 Å². The lowest BCUT2D eigenvalue weighted by Gasteiger charge is -2.51. The number of anilines is 3. The maximum Gasteiger partial charge on any atom is 0.180 e. The van der Waals surface area contributed by atoms with E-state index in [1.807, 2.05) is 12.1 Å². The zero-order valence-electron chi connectivity index (χ0n) is 32.1. The Morgan fingerprint density at radius 2 is 0.864 bits per heavy atom. The molecule has 0 unspecified atom stereocenters. The van der Waals surface area contributed by atoms with E-state index in [0.29, 0.717) is 0 Å². The number of benzene rings is 9. The van der Waals surface area contributed by atoms with Crippen molar-refractivity contribution in [2.24, 2.45) is 0 Å². The molecule has 0 atom stereocenters. The summed E-state index contributed by atoms with van der Waals surface area (Å²) in [4.78, 5) is 2.34. The van der Waals surface area contributed by atoms with Crippen molar-refractivity contribution in [1.29, 1.82) is 0 Å². The SMILES string of the molecule is c1ccc(N(c2ccc3c(c2)C2(c4ccccc4O3)c3ccccc3[Si](c3ccccc3)(c3ccccc3)c3ccccc32)c2ccc3c(c2)oc2ccccc23)cc1. The van der Waals surface area contributed by atoms with Crippen molar-refractivity contribution in [3.8, 4) is 11.5 Å². The molecule has 0 radical (unpaired) electrons. The highest BCUT2D eigenvalue weighted by Gasteiger charge is 2.57. The minimum absolute atomic E-state index is 0.696. The van der Waals surface area contributed by atoms with E-state index in [-0.39, 0.29) is 0 Å². The molecule has 10 aromatic rings. The van der Waals surface area contributed by atoms with E-state index < -0.39 is 13.5 Å². The average Bonchev–Trinajstić information content (AvgIpc) is 3.68. The van der Waals surface area contributed by atoms with Gasteiger partial charge in [-0.2, -0.15) is 0 Å². The highest BCUT2D eigenvalue weighted by atomic mass is 28.3. The molecule has 0 N–H and O–H groups in total. The number of ether oxygens (including phenoxy) is 1. The third kappa shape index (κ3) is 4.75. The Labute approximate surface area is 344 Å². The molecule has 0 amide bonds. The lowest BCUT2D eigenvalue weighted by atomic mass is 9.63. The lowest BCUT2D eigenvalue weighted by Crippen LogP contribution is -2.79. The highest BCUT2D eigenvalue weighted by molar-refractivity contribution is 7.20. The average molecular weight is 772 g/mol. The Kier molecular flexibility index (Phi) is 7.47. The van der Waals surface area contributed by atoms with Crippen molar-refractivity contribution in [3.05, 3.63) is 247 Å². The van der Waals surface area contributed by atoms with E-state index in [1.165, 1.54) is 31.9 Å². The van der Waals surface area contributed by atoms with Gasteiger partial charge in [0.25, 0.3) is 0 Å². The van der Waals surface area contributed by atoms with Gasteiger partial charge in [0.15, 0.2) is 8.07 Å². The van der Waals surface area contributed by atoms with Crippen LogP contribution in [0.15, 0.2) is 229 Å². The van der Waals surface area contributed by atoms with Gasteiger partial charge in [-0.25, -0.2) is 0 Å². The van der Waals surface area contributed by atoms with Crippen LogP contribution in [0.3, 0.4) is 0 Å². The van der Waals surface area contributed by atoms with E-state index in [9.17, 15) is 0 Å². The first-order valence-electron chi connectivity index (χ1n) is 20.3. The molecular weight excluding hydrogens is 735 g/mol. The van der Waals surface area contributed by atoms with Crippen LogP contribution in [0.1, 0.15) is 22.3 Å². The summed E-state index contributed by atoms with van der Waals surface area (Å²) < 4.78 is 13.4. The first-order valence-corrected chi connectivity index (χ1v) is 22.3. The predicted molar refractivity (Wildman–Crippen MR) is 244 cm³/mol. The molecule has 2 aliphatic rings. The van der Waals surface area contributed by atoms with Gasteiger partial charge in [0, 0.05) is 45.0 Å². The minimum atomic E-state index is -2.87. The standard InChI is InChI=1S/C55H37NO2Si/c1-4-18-38(19-5-1)56(40-32-34-44-43-24-10-14-28-49(43)57-52(44)37-40)39-33-35-51-48(36-39)55(45-25-11-15-29-50(45)58-51)46-26-12-16-30-53(46)59(41-20-6-2-7-21-41,42-22-8-3-9-23-42)54-31-17-13-27-47(54)55/h1-37H. The highest BCUT2D eigenvalue weighted by Crippen LogP contribution is 2.57. The maximum absolute atomic E-state index is 6.97. The predicted octanol–water partition coefficient (Wildman–Crippen LogP) is 11.2. The summed E-state index contributed by atoms with van der Waals surface area (Å²) in [6.07, 6.45) is 0. The van der Waals surface area contributed by atoms with Gasteiger partial charge in [0.05, 0.1) is 5.41 Å². The molecule has 9 aromatic carbocycles. The number of nitrogens with zero attached hydrogens (tertiary/aromatic N) is 1. The fourth-order valence-electron chi connectivity index (χ4n) is 10.4. The van der Waals surface area contributed by atoms with Crippen LogP contribution < -0.4 is 30.4 Å². The minimum Gasteiger partial charge on any atom is -0.457 e. The zero-order chi connectivity index (χ0) is 39.0.